The number of hydrogen-bond acceptors (Lipinski definition) is 7. The zero-order valence-corrected chi connectivity index (χ0v) is 16.6. The van der Waals surface area contributed by atoms with Gasteiger partial charge in [0, 0.05) is 29.4 Å². The smallest absolute Gasteiger partial charge is 0.337 e. The van der Waals surface area contributed by atoms with Gasteiger partial charge in [0.25, 0.3) is 5.91 Å². The van der Waals surface area contributed by atoms with E-state index in [9.17, 15) is 9.59 Å². The van der Waals surface area contributed by atoms with Crippen molar-refractivity contribution in [2.45, 2.75) is 0 Å². The molecule has 1 saturated heterocycles. The summed E-state index contributed by atoms with van der Waals surface area (Å²) < 4.78 is 11.0. The largest absolute Gasteiger partial charge is 0.465 e. The number of furan rings is 1. The highest BCUT2D eigenvalue weighted by atomic mass is 32.2. The van der Waals surface area contributed by atoms with E-state index in [-0.39, 0.29) is 5.91 Å². The zero-order valence-electron chi connectivity index (χ0n) is 15.0. The van der Waals surface area contributed by atoms with Crippen molar-refractivity contribution < 1.29 is 18.7 Å². The van der Waals surface area contributed by atoms with Crippen LogP contribution in [0, 0.1) is 11.8 Å². The van der Waals surface area contributed by atoms with Crippen LogP contribution in [-0.4, -0.2) is 28.3 Å². The van der Waals surface area contributed by atoms with Gasteiger partial charge in [-0.25, -0.2) is 4.79 Å². The molecule has 1 aliphatic heterocycles. The molecule has 6 nitrogen and oxygen atoms in total. The summed E-state index contributed by atoms with van der Waals surface area (Å²) in [6.45, 7) is 0. The van der Waals surface area contributed by atoms with E-state index < -0.39 is 5.97 Å². The Balaban J connectivity index is 1.64. The number of benzene rings is 1. The van der Waals surface area contributed by atoms with Crippen molar-refractivity contribution in [3.05, 3.63) is 70.1 Å². The van der Waals surface area contributed by atoms with Crippen LogP contribution in [0.3, 0.4) is 0 Å². The van der Waals surface area contributed by atoms with Crippen LogP contribution in [0.4, 0.5) is 0 Å². The van der Waals surface area contributed by atoms with Crippen LogP contribution in [0.2, 0.25) is 0 Å². The molecule has 3 heterocycles. The lowest BCUT2D eigenvalue weighted by molar-refractivity contribution is -0.115. The second-order valence-electron chi connectivity index (χ2n) is 5.93. The molecule has 8 heteroatoms. The van der Waals surface area contributed by atoms with Gasteiger partial charge in [0.15, 0.2) is 5.58 Å². The Bertz CT molecular complexity index is 1250. The van der Waals surface area contributed by atoms with Crippen molar-refractivity contribution in [2.24, 2.45) is 0 Å². The van der Waals surface area contributed by atoms with E-state index in [1.165, 1.54) is 18.9 Å². The van der Waals surface area contributed by atoms with E-state index in [0.717, 1.165) is 10.9 Å². The molecule has 2 aromatic heterocycles. The fourth-order valence-corrected chi connectivity index (χ4v) is 3.66. The molecular weight excluding hydrogens is 408 g/mol. The average Bonchev–Trinajstić information content (AvgIpc) is 3.28. The molecule has 0 bridgehead atoms. The van der Waals surface area contributed by atoms with E-state index >= 15 is 0 Å². The Hall–Kier alpha value is -3.41. The number of hydrogen-bond donors (Lipinski definition) is 1. The maximum Gasteiger partial charge on any atom is 0.337 e. The third kappa shape index (κ3) is 4.06. The maximum atomic E-state index is 11.8. The number of thioether (sulfide) groups is 1. The van der Waals surface area contributed by atoms with Crippen LogP contribution in [-0.2, 0) is 9.53 Å². The number of aromatic nitrogens is 1. The number of fused-ring (bicyclic) bond motifs is 1. The second-order valence-corrected chi connectivity index (χ2v) is 7.64. The van der Waals surface area contributed by atoms with E-state index in [1.807, 2.05) is 0 Å². The van der Waals surface area contributed by atoms with Gasteiger partial charge in [0.2, 0.25) is 0 Å². The lowest BCUT2D eigenvalue weighted by Gasteiger charge is -1.98. The molecule has 0 radical (unpaired) electrons. The molecule has 1 amide bonds. The van der Waals surface area contributed by atoms with Gasteiger partial charge in [-0.15, -0.1) is 0 Å². The van der Waals surface area contributed by atoms with Crippen LogP contribution >= 0.6 is 24.0 Å². The number of carbonyl (C=O) groups excluding carboxylic acids is 2. The number of carbonyl (C=O) groups is 2. The molecule has 0 aliphatic carbocycles. The number of methoxy groups -OCH3 is 1. The number of ether oxygens (including phenoxy) is 1. The van der Waals surface area contributed by atoms with Crippen molar-refractivity contribution in [3.63, 3.8) is 0 Å². The number of rotatable bonds is 2. The summed E-state index contributed by atoms with van der Waals surface area (Å²) in [4.78, 5) is 28.0. The van der Waals surface area contributed by atoms with Crippen molar-refractivity contribution in [2.75, 3.05) is 7.11 Å². The van der Waals surface area contributed by atoms with E-state index in [0.29, 0.717) is 31.7 Å². The van der Waals surface area contributed by atoms with Gasteiger partial charge in [-0.1, -0.05) is 35.8 Å². The number of nitrogens with one attached hydrogen (secondary N) is 1. The lowest BCUT2D eigenvalue weighted by Crippen LogP contribution is -2.17. The molecule has 29 heavy (non-hydrogen) atoms. The first-order valence-electron chi connectivity index (χ1n) is 8.36. The predicted octanol–water partition coefficient (Wildman–Crippen LogP) is 3.50. The summed E-state index contributed by atoms with van der Waals surface area (Å²) >= 11 is 6.18. The third-order valence-electron chi connectivity index (χ3n) is 4.00. The molecule has 4 rings (SSSR count). The topological polar surface area (TPSA) is 81.4 Å². The van der Waals surface area contributed by atoms with Crippen LogP contribution < -0.4 is 5.32 Å². The first kappa shape index (κ1) is 18.9. The van der Waals surface area contributed by atoms with Crippen molar-refractivity contribution in [1.82, 2.24) is 10.3 Å². The molecular formula is C21H12N2O4S2. The molecule has 0 atom stereocenters. The molecule has 142 valence electrons. The highest BCUT2D eigenvalue weighted by molar-refractivity contribution is 8.26. The number of nitrogens with zero attached hydrogens (tertiary/aromatic N) is 1. The van der Waals surface area contributed by atoms with E-state index in [4.69, 9.17) is 16.6 Å². The van der Waals surface area contributed by atoms with Crippen LogP contribution in [0.5, 0.6) is 0 Å². The normalized spacial score (nSPS) is 14.6. The van der Waals surface area contributed by atoms with Gasteiger partial charge in [-0.2, -0.15) is 0 Å². The van der Waals surface area contributed by atoms with E-state index in [1.54, 1.807) is 48.8 Å². The van der Waals surface area contributed by atoms with Crippen molar-refractivity contribution >= 4 is 57.2 Å². The van der Waals surface area contributed by atoms with Crippen LogP contribution in [0.1, 0.15) is 27.2 Å². The van der Waals surface area contributed by atoms with Gasteiger partial charge in [0.05, 0.1) is 23.1 Å². The minimum Gasteiger partial charge on any atom is -0.465 e. The maximum absolute atomic E-state index is 11.8. The number of thiocarbonyl (C=S) groups is 1. The van der Waals surface area contributed by atoms with Crippen LogP contribution in [0.25, 0.3) is 17.0 Å². The third-order valence-corrected chi connectivity index (χ3v) is 5.17. The molecule has 0 spiro atoms. The first-order valence-corrected chi connectivity index (χ1v) is 9.59. The molecule has 0 unspecified atom stereocenters. The number of pyridine rings is 1. The van der Waals surface area contributed by atoms with Gasteiger partial charge in [-0.3, -0.25) is 9.78 Å². The minimum absolute atomic E-state index is 0.242. The van der Waals surface area contributed by atoms with Gasteiger partial charge in [-0.05, 0) is 30.3 Å². The number of amides is 1. The first-order chi connectivity index (χ1) is 14.0. The summed E-state index contributed by atoms with van der Waals surface area (Å²) in [6.07, 6.45) is 4.93. The average molecular weight is 420 g/mol. The minimum atomic E-state index is -0.398. The van der Waals surface area contributed by atoms with Gasteiger partial charge < -0.3 is 14.5 Å². The van der Waals surface area contributed by atoms with Crippen molar-refractivity contribution in [1.29, 1.82) is 0 Å². The summed E-state index contributed by atoms with van der Waals surface area (Å²) in [5.41, 5.74) is 2.38. The molecule has 1 aromatic carbocycles. The Kier molecular flexibility index (Phi) is 5.16. The van der Waals surface area contributed by atoms with Crippen molar-refractivity contribution in [3.8, 4) is 11.8 Å². The Labute approximate surface area is 175 Å². The predicted molar refractivity (Wildman–Crippen MR) is 114 cm³/mol. The highest BCUT2D eigenvalue weighted by Gasteiger charge is 2.22. The molecule has 3 aromatic rings. The second kappa shape index (κ2) is 7.91. The van der Waals surface area contributed by atoms with Gasteiger partial charge in [0.1, 0.15) is 10.1 Å². The Morgan fingerprint density at radius 1 is 1.28 bits per heavy atom. The Morgan fingerprint density at radius 2 is 2.07 bits per heavy atom. The summed E-state index contributed by atoms with van der Waals surface area (Å²) in [5, 5.41) is 3.34. The summed E-state index contributed by atoms with van der Waals surface area (Å²) in [6, 6.07) is 8.58. The molecule has 1 N–H and O–H groups in total. The van der Waals surface area contributed by atoms with Crippen LogP contribution in [0.15, 0.2) is 52.0 Å². The standard InChI is InChI=1S/C21H12N2O4S2/c1-26-20(25)13-5-2-12(3-6-13)4-7-14-10-22-11-15-8-16(27-18(14)15)9-17-19(24)23-21(28)29-17/h2-3,5-6,8-11H,1H3,(H,23,24,28)/b17-9-. The number of esters is 1. The van der Waals surface area contributed by atoms with Gasteiger partial charge >= 0.3 is 5.97 Å². The summed E-state index contributed by atoms with van der Waals surface area (Å²) in [7, 11) is 1.34. The SMILES string of the molecule is COC(=O)c1ccc(C#Cc2cncc3cc(/C=C4\SC(=S)NC4=O)oc23)cc1. The lowest BCUT2D eigenvalue weighted by atomic mass is 10.1. The molecule has 1 fully saturated rings. The highest BCUT2D eigenvalue weighted by Crippen LogP contribution is 2.29. The quantitative estimate of drug-likeness (QED) is 0.294. The molecule has 1 aliphatic rings. The Morgan fingerprint density at radius 3 is 2.76 bits per heavy atom. The summed E-state index contributed by atoms with van der Waals surface area (Å²) in [5.74, 6) is 5.95. The monoisotopic (exact) mass is 420 g/mol. The zero-order chi connectivity index (χ0) is 20.4. The fourth-order valence-electron chi connectivity index (χ4n) is 2.64. The van der Waals surface area contributed by atoms with E-state index in [2.05, 4.69) is 26.9 Å². The molecule has 0 saturated carbocycles. The fraction of sp³-hybridized carbons (Fsp3) is 0.0476.